The van der Waals surface area contributed by atoms with Crippen LogP contribution in [0, 0.1) is 0 Å². The second-order valence-electron chi connectivity index (χ2n) is 5.69. The van der Waals surface area contributed by atoms with Gasteiger partial charge >= 0.3 is 5.97 Å². The van der Waals surface area contributed by atoms with Gasteiger partial charge in [-0.3, -0.25) is 4.79 Å². The van der Waals surface area contributed by atoms with Crippen molar-refractivity contribution in [1.29, 1.82) is 0 Å². The van der Waals surface area contributed by atoms with Crippen LogP contribution >= 0.6 is 11.3 Å². The first kappa shape index (κ1) is 15.6. The molecule has 0 N–H and O–H groups in total. The lowest BCUT2D eigenvalue weighted by Gasteiger charge is -2.20. The molecule has 0 amide bonds. The predicted octanol–water partition coefficient (Wildman–Crippen LogP) is 4.57. The number of carbonyl (C=O) groups excluding carboxylic acids is 2. The second kappa shape index (κ2) is 6.18. The molecule has 0 saturated heterocycles. The van der Waals surface area contributed by atoms with Gasteiger partial charge in [0.2, 0.25) is 0 Å². The van der Waals surface area contributed by atoms with E-state index >= 15 is 0 Å². The molecule has 5 heteroatoms. The van der Waals surface area contributed by atoms with Crippen molar-refractivity contribution in [3.05, 3.63) is 63.8 Å². The number of fused-ring (bicyclic) bond motifs is 3. The third-order valence-corrected chi connectivity index (χ3v) is 5.11. The molecule has 2 aromatic carbocycles. The van der Waals surface area contributed by atoms with Crippen LogP contribution in [-0.4, -0.2) is 19.4 Å². The second-order valence-corrected chi connectivity index (χ2v) is 6.43. The molecule has 1 aliphatic heterocycles. The first-order chi connectivity index (χ1) is 12.2. The predicted molar refractivity (Wildman–Crippen MR) is 96.3 cm³/mol. The Balaban J connectivity index is 1.94. The number of aldehydes is 1. The summed E-state index contributed by atoms with van der Waals surface area (Å²) in [5, 5.41) is 4.12. The maximum absolute atomic E-state index is 12.1. The minimum absolute atomic E-state index is 0.417. The minimum atomic E-state index is -0.439. The monoisotopic (exact) mass is 350 g/mol. The van der Waals surface area contributed by atoms with Crippen molar-refractivity contribution in [2.45, 2.75) is 6.61 Å². The van der Waals surface area contributed by atoms with Gasteiger partial charge in [-0.1, -0.05) is 18.2 Å². The maximum atomic E-state index is 12.1. The Morgan fingerprint density at radius 1 is 1.12 bits per heavy atom. The molecule has 2 heterocycles. The SMILES string of the molecule is COC(=O)c1ccccc1-c1cc2c(cc1C=O)-c1cscc1CO2. The molecule has 25 heavy (non-hydrogen) atoms. The van der Waals surface area contributed by atoms with Gasteiger partial charge in [0.15, 0.2) is 6.29 Å². The number of hydrogen-bond donors (Lipinski definition) is 0. The Morgan fingerprint density at radius 3 is 2.76 bits per heavy atom. The van der Waals surface area contributed by atoms with E-state index in [1.807, 2.05) is 18.2 Å². The average molecular weight is 350 g/mol. The van der Waals surface area contributed by atoms with E-state index < -0.39 is 5.97 Å². The standard InChI is InChI=1S/C20H14O4S/c1-23-20(22)15-5-3-2-4-14(15)16-7-19-17(6-12(16)8-21)18-11-25-10-13(18)9-24-19/h2-8,10-11H,9H2,1H3. The van der Waals surface area contributed by atoms with Crippen LogP contribution in [0.3, 0.4) is 0 Å². The molecule has 1 aliphatic rings. The summed E-state index contributed by atoms with van der Waals surface area (Å²) in [6, 6.07) is 10.8. The summed E-state index contributed by atoms with van der Waals surface area (Å²) in [6.45, 7) is 0.504. The molecule has 0 atom stereocenters. The average Bonchev–Trinajstić information content (AvgIpc) is 3.15. The van der Waals surface area contributed by atoms with Gasteiger partial charge < -0.3 is 9.47 Å². The maximum Gasteiger partial charge on any atom is 0.338 e. The molecule has 0 saturated carbocycles. The molecule has 1 aromatic heterocycles. The van der Waals surface area contributed by atoms with Crippen LogP contribution in [0.25, 0.3) is 22.3 Å². The van der Waals surface area contributed by atoms with Gasteiger partial charge in [0.05, 0.1) is 12.7 Å². The lowest BCUT2D eigenvalue weighted by molar-refractivity contribution is 0.0601. The van der Waals surface area contributed by atoms with E-state index in [-0.39, 0.29) is 0 Å². The van der Waals surface area contributed by atoms with E-state index in [0.717, 1.165) is 23.0 Å². The van der Waals surface area contributed by atoms with Crippen LogP contribution in [0.15, 0.2) is 47.2 Å². The smallest absolute Gasteiger partial charge is 0.338 e. The molecule has 0 fully saturated rings. The third kappa shape index (κ3) is 2.53. The van der Waals surface area contributed by atoms with Crippen molar-refractivity contribution in [2.75, 3.05) is 7.11 Å². The fourth-order valence-electron chi connectivity index (χ4n) is 3.09. The minimum Gasteiger partial charge on any atom is -0.488 e. The van der Waals surface area contributed by atoms with Crippen LogP contribution in [0.5, 0.6) is 5.75 Å². The summed E-state index contributed by atoms with van der Waals surface area (Å²) in [7, 11) is 1.34. The van der Waals surface area contributed by atoms with Crippen molar-refractivity contribution in [3.63, 3.8) is 0 Å². The van der Waals surface area contributed by atoms with Crippen molar-refractivity contribution >= 4 is 23.6 Å². The molecular formula is C20H14O4S. The quantitative estimate of drug-likeness (QED) is 0.513. The number of benzene rings is 2. The zero-order valence-corrected chi connectivity index (χ0v) is 14.3. The molecule has 0 unspecified atom stereocenters. The number of esters is 1. The van der Waals surface area contributed by atoms with E-state index in [4.69, 9.17) is 9.47 Å². The van der Waals surface area contributed by atoms with Gasteiger partial charge in [-0.25, -0.2) is 4.79 Å². The summed E-state index contributed by atoms with van der Waals surface area (Å²) < 4.78 is 10.7. The van der Waals surface area contributed by atoms with E-state index in [1.165, 1.54) is 7.11 Å². The van der Waals surface area contributed by atoms with E-state index in [2.05, 4.69) is 10.8 Å². The highest BCUT2D eigenvalue weighted by Gasteiger charge is 2.22. The van der Waals surface area contributed by atoms with E-state index in [1.54, 1.807) is 29.5 Å². The largest absolute Gasteiger partial charge is 0.488 e. The van der Waals surface area contributed by atoms with Gasteiger partial charge in [-0.2, -0.15) is 11.3 Å². The lowest BCUT2D eigenvalue weighted by atomic mass is 9.91. The summed E-state index contributed by atoms with van der Waals surface area (Å²) in [5.41, 5.74) is 5.37. The summed E-state index contributed by atoms with van der Waals surface area (Å²) in [6.07, 6.45) is 0.810. The number of methoxy groups -OCH3 is 1. The fraction of sp³-hybridized carbons (Fsp3) is 0.100. The zero-order chi connectivity index (χ0) is 17.4. The van der Waals surface area contributed by atoms with Gasteiger partial charge in [0.25, 0.3) is 0 Å². The molecule has 0 spiro atoms. The van der Waals surface area contributed by atoms with Crippen molar-refractivity contribution in [3.8, 4) is 28.0 Å². The molecule has 0 aliphatic carbocycles. The van der Waals surface area contributed by atoms with Crippen LogP contribution < -0.4 is 4.74 Å². The molecule has 4 nitrogen and oxygen atoms in total. The van der Waals surface area contributed by atoms with E-state index in [0.29, 0.717) is 34.6 Å². The van der Waals surface area contributed by atoms with Crippen LogP contribution in [0.4, 0.5) is 0 Å². The highest BCUT2D eigenvalue weighted by atomic mass is 32.1. The number of hydrogen-bond acceptors (Lipinski definition) is 5. The number of rotatable bonds is 3. The number of ether oxygens (including phenoxy) is 2. The fourth-order valence-corrected chi connectivity index (χ4v) is 3.93. The highest BCUT2D eigenvalue weighted by Crippen LogP contribution is 2.43. The Hall–Kier alpha value is -2.92. The summed E-state index contributed by atoms with van der Waals surface area (Å²) in [4.78, 5) is 23.8. The topological polar surface area (TPSA) is 52.6 Å². The normalized spacial score (nSPS) is 11.9. The molecule has 0 radical (unpaired) electrons. The van der Waals surface area contributed by atoms with Gasteiger partial charge in [-0.15, -0.1) is 0 Å². The Kier molecular flexibility index (Phi) is 3.86. The number of thiophene rings is 1. The van der Waals surface area contributed by atoms with Crippen LogP contribution in [0.1, 0.15) is 26.3 Å². The molecular weight excluding hydrogens is 336 g/mol. The highest BCUT2D eigenvalue weighted by molar-refractivity contribution is 7.08. The molecule has 4 rings (SSSR count). The Bertz CT molecular complexity index is 987. The number of carbonyl (C=O) groups is 2. The van der Waals surface area contributed by atoms with Crippen LogP contribution in [0.2, 0.25) is 0 Å². The van der Waals surface area contributed by atoms with Gasteiger partial charge in [-0.05, 0) is 40.1 Å². The lowest BCUT2D eigenvalue weighted by Crippen LogP contribution is -2.07. The molecule has 0 bridgehead atoms. The Morgan fingerprint density at radius 2 is 1.96 bits per heavy atom. The first-order valence-electron chi connectivity index (χ1n) is 7.72. The summed E-state index contributed by atoms with van der Waals surface area (Å²) >= 11 is 1.61. The third-order valence-electron chi connectivity index (χ3n) is 4.32. The van der Waals surface area contributed by atoms with Gasteiger partial charge in [0.1, 0.15) is 12.4 Å². The Labute approximate surface area is 148 Å². The van der Waals surface area contributed by atoms with Crippen LogP contribution in [-0.2, 0) is 11.3 Å². The van der Waals surface area contributed by atoms with Gasteiger partial charge in [0, 0.05) is 22.3 Å². The van der Waals surface area contributed by atoms with Crippen molar-refractivity contribution in [2.24, 2.45) is 0 Å². The van der Waals surface area contributed by atoms with Crippen molar-refractivity contribution < 1.29 is 19.1 Å². The summed E-state index contributed by atoms with van der Waals surface area (Å²) in [5.74, 6) is 0.275. The van der Waals surface area contributed by atoms with Crippen molar-refractivity contribution in [1.82, 2.24) is 0 Å². The zero-order valence-electron chi connectivity index (χ0n) is 13.4. The first-order valence-corrected chi connectivity index (χ1v) is 8.66. The molecule has 124 valence electrons. The van der Waals surface area contributed by atoms with E-state index in [9.17, 15) is 9.59 Å². The molecule has 3 aromatic rings.